The number of nitrogens with two attached hydrogens (primary N) is 1. The molecule has 0 unspecified atom stereocenters. The number of carbonyl (C=O) groups excluding carboxylic acids is 1. The van der Waals surface area contributed by atoms with Gasteiger partial charge in [-0.25, -0.2) is 0 Å². The summed E-state index contributed by atoms with van der Waals surface area (Å²) in [5.74, 6) is 5.11. The summed E-state index contributed by atoms with van der Waals surface area (Å²) in [6, 6.07) is 6.88. The Morgan fingerprint density at radius 1 is 1.53 bits per heavy atom. The quantitative estimate of drug-likeness (QED) is 0.472. The fraction of sp³-hybridized carbons (Fsp3) is 0.231. The first-order chi connectivity index (χ1) is 8.17. The Hall–Kier alpha value is -2.46. The molecular weight excluding hydrogens is 216 g/mol. The average Bonchev–Trinajstić information content (AvgIpc) is 2.31. The van der Waals surface area contributed by atoms with E-state index in [0.29, 0.717) is 23.4 Å². The van der Waals surface area contributed by atoms with Gasteiger partial charge < -0.3 is 10.5 Å². The van der Waals surface area contributed by atoms with E-state index < -0.39 is 0 Å². The van der Waals surface area contributed by atoms with Crippen molar-refractivity contribution in [3.63, 3.8) is 0 Å². The number of esters is 1. The molecule has 4 heteroatoms. The molecule has 0 spiro atoms. The van der Waals surface area contributed by atoms with Crippen LogP contribution in [-0.4, -0.2) is 12.6 Å². The van der Waals surface area contributed by atoms with E-state index in [1.165, 1.54) is 0 Å². The first-order valence-corrected chi connectivity index (χ1v) is 5.11. The van der Waals surface area contributed by atoms with Crippen molar-refractivity contribution in [3.8, 4) is 17.9 Å². The number of nitriles is 1. The van der Waals surface area contributed by atoms with E-state index >= 15 is 0 Å². The Morgan fingerprint density at radius 3 is 2.94 bits per heavy atom. The second kappa shape index (κ2) is 6.19. The summed E-state index contributed by atoms with van der Waals surface area (Å²) in [5.41, 5.74) is 7.03. The summed E-state index contributed by atoms with van der Waals surface area (Å²) >= 11 is 0. The summed E-state index contributed by atoms with van der Waals surface area (Å²) in [5, 5.41) is 8.77. The number of hydrogen-bond donors (Lipinski definition) is 1. The Morgan fingerprint density at radius 2 is 2.29 bits per heavy atom. The molecule has 0 aliphatic carbocycles. The summed E-state index contributed by atoms with van der Waals surface area (Å²) in [4.78, 5) is 11.0. The summed E-state index contributed by atoms with van der Waals surface area (Å²) in [6.45, 7) is 2.09. The number of nitrogens with zero attached hydrogens (tertiary/aromatic N) is 1. The SMILES string of the molecule is CCOC(=O)CC#Cc1ccc(N)c(C#N)c1. The van der Waals surface area contributed by atoms with Crippen molar-refractivity contribution in [2.75, 3.05) is 12.3 Å². The number of hydrogen-bond acceptors (Lipinski definition) is 4. The van der Waals surface area contributed by atoms with Crippen LogP contribution < -0.4 is 5.73 Å². The van der Waals surface area contributed by atoms with Gasteiger partial charge in [0.2, 0.25) is 0 Å². The number of ether oxygens (including phenoxy) is 1. The van der Waals surface area contributed by atoms with E-state index in [1.54, 1.807) is 25.1 Å². The van der Waals surface area contributed by atoms with Crippen LogP contribution in [0.3, 0.4) is 0 Å². The van der Waals surface area contributed by atoms with Crippen LogP contribution in [0.15, 0.2) is 18.2 Å². The topological polar surface area (TPSA) is 76.1 Å². The van der Waals surface area contributed by atoms with Crippen molar-refractivity contribution in [2.24, 2.45) is 0 Å². The predicted molar refractivity (Wildman–Crippen MR) is 63.7 cm³/mol. The first-order valence-electron chi connectivity index (χ1n) is 5.11. The zero-order chi connectivity index (χ0) is 12.7. The van der Waals surface area contributed by atoms with Crippen LogP contribution >= 0.6 is 0 Å². The van der Waals surface area contributed by atoms with Crippen molar-refractivity contribution in [2.45, 2.75) is 13.3 Å². The normalized spacial score (nSPS) is 8.71. The van der Waals surface area contributed by atoms with Gasteiger partial charge in [-0.1, -0.05) is 11.8 Å². The van der Waals surface area contributed by atoms with Crippen molar-refractivity contribution in [1.82, 2.24) is 0 Å². The van der Waals surface area contributed by atoms with Gasteiger partial charge in [0.15, 0.2) is 0 Å². The maximum atomic E-state index is 11.0. The third kappa shape index (κ3) is 3.89. The molecule has 1 rings (SSSR count). The van der Waals surface area contributed by atoms with E-state index in [4.69, 9.17) is 15.7 Å². The molecule has 0 aliphatic rings. The number of anilines is 1. The van der Waals surface area contributed by atoms with Crippen LogP contribution in [0.5, 0.6) is 0 Å². The smallest absolute Gasteiger partial charge is 0.317 e. The van der Waals surface area contributed by atoms with E-state index in [-0.39, 0.29) is 12.4 Å². The molecular formula is C13H12N2O2. The van der Waals surface area contributed by atoms with Gasteiger partial charge in [-0.3, -0.25) is 4.79 Å². The summed E-state index contributed by atoms with van der Waals surface area (Å²) < 4.78 is 4.73. The Labute approximate surface area is 100.0 Å². The lowest BCUT2D eigenvalue weighted by Gasteiger charge is -1.97. The molecule has 0 atom stereocenters. The lowest BCUT2D eigenvalue weighted by molar-refractivity contribution is -0.141. The molecule has 0 saturated carbocycles. The number of nitrogen functional groups attached to an aromatic ring is 1. The van der Waals surface area contributed by atoms with Gasteiger partial charge in [-0.2, -0.15) is 5.26 Å². The molecule has 17 heavy (non-hydrogen) atoms. The second-order valence-corrected chi connectivity index (χ2v) is 3.20. The third-order valence-corrected chi connectivity index (χ3v) is 1.94. The predicted octanol–water partition coefficient (Wildman–Crippen LogP) is 1.45. The number of benzene rings is 1. The molecule has 2 N–H and O–H groups in total. The van der Waals surface area contributed by atoms with Gasteiger partial charge in [-0.15, -0.1) is 0 Å². The molecule has 1 aromatic carbocycles. The van der Waals surface area contributed by atoms with Gasteiger partial charge in [0.05, 0.1) is 12.2 Å². The van der Waals surface area contributed by atoms with Crippen molar-refractivity contribution in [3.05, 3.63) is 29.3 Å². The molecule has 0 aromatic heterocycles. The van der Waals surface area contributed by atoms with E-state index in [0.717, 1.165) is 0 Å². The lowest BCUT2D eigenvalue weighted by atomic mass is 10.1. The minimum Gasteiger partial charge on any atom is -0.465 e. The highest BCUT2D eigenvalue weighted by molar-refractivity contribution is 5.72. The van der Waals surface area contributed by atoms with E-state index in [1.807, 2.05) is 6.07 Å². The standard InChI is InChI=1S/C13H12N2O2/c1-2-17-13(16)5-3-4-10-6-7-12(15)11(8-10)9-14/h6-8H,2,5,15H2,1H3. The van der Waals surface area contributed by atoms with Gasteiger partial charge in [-0.05, 0) is 25.1 Å². The van der Waals surface area contributed by atoms with Crippen molar-refractivity contribution >= 4 is 11.7 Å². The van der Waals surface area contributed by atoms with Crippen LogP contribution in [0, 0.1) is 23.2 Å². The van der Waals surface area contributed by atoms with Gasteiger partial charge in [0.1, 0.15) is 12.5 Å². The average molecular weight is 228 g/mol. The maximum Gasteiger partial charge on any atom is 0.317 e. The maximum absolute atomic E-state index is 11.0. The summed E-state index contributed by atoms with van der Waals surface area (Å²) in [7, 11) is 0. The number of carbonyl (C=O) groups is 1. The zero-order valence-corrected chi connectivity index (χ0v) is 9.49. The Kier molecular flexibility index (Phi) is 4.59. The van der Waals surface area contributed by atoms with Crippen LogP contribution in [0.2, 0.25) is 0 Å². The summed E-state index contributed by atoms with van der Waals surface area (Å²) in [6.07, 6.45) is 0.0418. The largest absolute Gasteiger partial charge is 0.465 e. The van der Waals surface area contributed by atoms with Crippen LogP contribution in [0.4, 0.5) is 5.69 Å². The fourth-order valence-corrected chi connectivity index (χ4v) is 1.16. The molecule has 0 saturated heterocycles. The molecule has 0 amide bonds. The van der Waals surface area contributed by atoms with Crippen LogP contribution in [0.25, 0.3) is 0 Å². The Balaban J connectivity index is 2.73. The highest BCUT2D eigenvalue weighted by Crippen LogP contribution is 2.11. The lowest BCUT2D eigenvalue weighted by Crippen LogP contribution is -2.01. The van der Waals surface area contributed by atoms with Crippen molar-refractivity contribution < 1.29 is 9.53 Å². The zero-order valence-electron chi connectivity index (χ0n) is 9.49. The van der Waals surface area contributed by atoms with Gasteiger partial charge in [0, 0.05) is 11.3 Å². The molecule has 1 aromatic rings. The highest BCUT2D eigenvalue weighted by atomic mass is 16.5. The van der Waals surface area contributed by atoms with Crippen LogP contribution in [0.1, 0.15) is 24.5 Å². The van der Waals surface area contributed by atoms with E-state index in [2.05, 4.69) is 11.8 Å². The molecule has 0 aliphatic heterocycles. The monoisotopic (exact) mass is 228 g/mol. The van der Waals surface area contributed by atoms with Gasteiger partial charge in [0.25, 0.3) is 0 Å². The number of rotatable bonds is 2. The molecule has 0 fully saturated rings. The Bertz CT molecular complexity index is 518. The molecule has 0 bridgehead atoms. The fourth-order valence-electron chi connectivity index (χ4n) is 1.16. The third-order valence-electron chi connectivity index (χ3n) is 1.94. The van der Waals surface area contributed by atoms with Crippen molar-refractivity contribution in [1.29, 1.82) is 5.26 Å². The van der Waals surface area contributed by atoms with Gasteiger partial charge >= 0.3 is 5.97 Å². The molecule has 86 valence electrons. The molecule has 0 radical (unpaired) electrons. The minimum absolute atomic E-state index is 0.0418. The molecule has 4 nitrogen and oxygen atoms in total. The minimum atomic E-state index is -0.351. The second-order valence-electron chi connectivity index (χ2n) is 3.20. The van der Waals surface area contributed by atoms with Crippen LogP contribution in [-0.2, 0) is 9.53 Å². The van der Waals surface area contributed by atoms with E-state index in [9.17, 15) is 4.79 Å². The highest BCUT2D eigenvalue weighted by Gasteiger charge is 1.99. The molecule has 0 heterocycles. The first kappa shape index (κ1) is 12.6.